The highest BCUT2D eigenvalue weighted by Crippen LogP contribution is 2.47. The molecule has 2 aliphatic heterocycles. The van der Waals surface area contributed by atoms with E-state index in [4.69, 9.17) is 16.3 Å². The number of piperazine rings is 1. The number of anilines is 1. The van der Waals surface area contributed by atoms with Crippen LogP contribution in [0.15, 0.2) is 17.6 Å². The molecule has 1 saturated carbocycles. The molecule has 31 heavy (non-hydrogen) atoms. The SMILES string of the molecule is CCOC(=O)N1CC2(CC[C@@H](N3CCN(c4nc(Cl)ccc4-c4nncs4)CC3)C2)C1. The summed E-state index contributed by atoms with van der Waals surface area (Å²) in [6.07, 6.45) is 3.42. The molecule has 166 valence electrons. The molecule has 1 amide bonds. The van der Waals surface area contributed by atoms with Gasteiger partial charge >= 0.3 is 6.09 Å². The Morgan fingerprint density at radius 2 is 2.10 bits per heavy atom. The van der Waals surface area contributed by atoms with E-state index in [0.29, 0.717) is 23.2 Å². The molecule has 0 N–H and O–H groups in total. The number of carbonyl (C=O) groups is 1. The lowest BCUT2D eigenvalue weighted by atomic mass is 9.78. The van der Waals surface area contributed by atoms with Gasteiger partial charge in [0.05, 0.1) is 12.2 Å². The van der Waals surface area contributed by atoms with Crippen molar-refractivity contribution >= 4 is 34.8 Å². The smallest absolute Gasteiger partial charge is 0.409 e. The summed E-state index contributed by atoms with van der Waals surface area (Å²) < 4.78 is 5.14. The van der Waals surface area contributed by atoms with E-state index in [-0.39, 0.29) is 6.09 Å². The topological polar surface area (TPSA) is 74.7 Å². The molecule has 1 spiro atoms. The first-order valence-electron chi connectivity index (χ1n) is 10.9. The Balaban J connectivity index is 1.19. The Morgan fingerprint density at radius 3 is 2.81 bits per heavy atom. The Morgan fingerprint density at radius 1 is 1.29 bits per heavy atom. The number of likely N-dealkylation sites (tertiary alicyclic amines) is 1. The molecule has 5 rings (SSSR count). The molecule has 0 aromatic carbocycles. The minimum absolute atomic E-state index is 0.162. The summed E-state index contributed by atoms with van der Waals surface area (Å²) in [5.41, 5.74) is 3.04. The zero-order valence-corrected chi connectivity index (χ0v) is 19.2. The van der Waals surface area contributed by atoms with E-state index in [1.807, 2.05) is 24.0 Å². The first-order chi connectivity index (χ1) is 15.1. The van der Waals surface area contributed by atoms with Crippen LogP contribution in [-0.2, 0) is 4.74 Å². The minimum atomic E-state index is -0.162. The molecule has 2 aromatic heterocycles. The van der Waals surface area contributed by atoms with Gasteiger partial charge in [-0.1, -0.05) is 22.9 Å². The molecule has 10 heteroatoms. The molecule has 2 saturated heterocycles. The van der Waals surface area contributed by atoms with Crippen molar-refractivity contribution in [1.29, 1.82) is 0 Å². The van der Waals surface area contributed by atoms with Gasteiger partial charge in [-0.05, 0) is 38.3 Å². The number of aromatic nitrogens is 3. The second-order valence-corrected chi connectivity index (χ2v) is 9.94. The highest BCUT2D eigenvalue weighted by Gasteiger charge is 2.51. The molecule has 1 atom stereocenters. The fraction of sp³-hybridized carbons (Fsp3) is 0.619. The van der Waals surface area contributed by atoms with E-state index in [0.717, 1.165) is 55.7 Å². The van der Waals surface area contributed by atoms with Gasteiger partial charge < -0.3 is 14.5 Å². The van der Waals surface area contributed by atoms with Gasteiger partial charge in [0, 0.05) is 50.7 Å². The fourth-order valence-electron chi connectivity index (χ4n) is 5.31. The zero-order chi connectivity index (χ0) is 21.4. The second kappa shape index (κ2) is 8.52. The van der Waals surface area contributed by atoms with Gasteiger partial charge in [-0.25, -0.2) is 9.78 Å². The van der Waals surface area contributed by atoms with Gasteiger partial charge in [0.15, 0.2) is 5.01 Å². The van der Waals surface area contributed by atoms with Crippen molar-refractivity contribution in [2.24, 2.45) is 5.41 Å². The number of pyridine rings is 1. The standard InChI is InChI=1S/C21H27ClN6O2S/c1-2-30-20(29)28-12-21(13-28)6-5-15(11-21)26-7-9-27(10-8-26)18-16(3-4-17(22)24-18)19-25-23-14-31-19/h3-4,14-15H,2,5-13H2,1H3/t15-/m1/s1. The molecule has 8 nitrogen and oxygen atoms in total. The molecule has 0 unspecified atom stereocenters. The van der Waals surface area contributed by atoms with E-state index in [1.165, 1.54) is 30.6 Å². The maximum Gasteiger partial charge on any atom is 0.409 e. The van der Waals surface area contributed by atoms with E-state index >= 15 is 0 Å². The van der Waals surface area contributed by atoms with E-state index in [2.05, 4.69) is 25.0 Å². The molecule has 3 aliphatic rings. The maximum atomic E-state index is 11.9. The molecule has 1 aliphatic carbocycles. The number of rotatable bonds is 4. The molecular weight excluding hydrogens is 436 g/mol. The molecule has 0 radical (unpaired) electrons. The summed E-state index contributed by atoms with van der Waals surface area (Å²) in [5, 5.41) is 9.57. The summed E-state index contributed by atoms with van der Waals surface area (Å²) in [6, 6.07) is 4.40. The van der Waals surface area contributed by atoms with E-state index in [1.54, 1.807) is 5.51 Å². The molecule has 3 fully saturated rings. The third-order valence-electron chi connectivity index (χ3n) is 6.82. The quantitative estimate of drug-likeness (QED) is 0.644. The molecule has 0 bridgehead atoms. The second-order valence-electron chi connectivity index (χ2n) is 8.72. The summed E-state index contributed by atoms with van der Waals surface area (Å²) >= 11 is 7.74. The van der Waals surface area contributed by atoms with Crippen LogP contribution in [0.5, 0.6) is 0 Å². The molecular formula is C21H27ClN6O2S. The van der Waals surface area contributed by atoms with Crippen molar-refractivity contribution in [2.75, 3.05) is 50.8 Å². The Kier molecular flexibility index (Phi) is 5.75. The summed E-state index contributed by atoms with van der Waals surface area (Å²) in [4.78, 5) is 23.3. The number of ether oxygens (including phenoxy) is 1. The number of hydrogen-bond donors (Lipinski definition) is 0. The third-order valence-corrected chi connectivity index (χ3v) is 7.75. The first kappa shape index (κ1) is 20.9. The van der Waals surface area contributed by atoms with Crippen LogP contribution < -0.4 is 4.90 Å². The van der Waals surface area contributed by atoms with Gasteiger partial charge in [0.1, 0.15) is 16.5 Å². The van der Waals surface area contributed by atoms with Crippen molar-refractivity contribution in [3.63, 3.8) is 0 Å². The number of halogens is 1. The van der Waals surface area contributed by atoms with Gasteiger partial charge in [0.2, 0.25) is 0 Å². The average Bonchev–Trinajstić information content (AvgIpc) is 3.43. The van der Waals surface area contributed by atoms with Crippen molar-refractivity contribution in [2.45, 2.75) is 32.2 Å². The zero-order valence-electron chi connectivity index (χ0n) is 17.7. The van der Waals surface area contributed by atoms with E-state index in [9.17, 15) is 4.79 Å². The van der Waals surface area contributed by atoms with Crippen molar-refractivity contribution < 1.29 is 9.53 Å². The lowest BCUT2D eigenvalue weighted by molar-refractivity contribution is -0.00294. The van der Waals surface area contributed by atoms with Crippen LogP contribution in [0.1, 0.15) is 26.2 Å². The van der Waals surface area contributed by atoms with E-state index < -0.39 is 0 Å². The highest BCUT2D eigenvalue weighted by molar-refractivity contribution is 7.12. The predicted octanol–water partition coefficient (Wildman–Crippen LogP) is 3.39. The van der Waals surface area contributed by atoms with Gasteiger partial charge in [-0.15, -0.1) is 10.2 Å². The van der Waals surface area contributed by atoms with Gasteiger partial charge in [0.25, 0.3) is 0 Å². The van der Waals surface area contributed by atoms with Crippen LogP contribution in [0.25, 0.3) is 10.6 Å². The normalized spacial score (nSPS) is 23.2. The van der Waals surface area contributed by atoms with Crippen molar-refractivity contribution in [3.8, 4) is 10.6 Å². The monoisotopic (exact) mass is 462 g/mol. The summed E-state index contributed by atoms with van der Waals surface area (Å²) in [6.45, 7) is 7.83. The van der Waals surface area contributed by atoms with Crippen LogP contribution in [-0.4, -0.2) is 83.0 Å². The Bertz CT molecular complexity index is 928. The van der Waals surface area contributed by atoms with Crippen LogP contribution in [0, 0.1) is 5.41 Å². The lowest BCUT2D eigenvalue weighted by Gasteiger charge is -2.48. The average molecular weight is 463 g/mol. The third kappa shape index (κ3) is 4.10. The number of carbonyl (C=O) groups excluding carboxylic acids is 1. The number of nitrogens with zero attached hydrogens (tertiary/aromatic N) is 6. The van der Waals surface area contributed by atoms with Crippen molar-refractivity contribution in [1.82, 2.24) is 25.0 Å². The fourth-order valence-corrected chi connectivity index (χ4v) is 6.02. The highest BCUT2D eigenvalue weighted by atomic mass is 35.5. The van der Waals surface area contributed by atoms with Crippen molar-refractivity contribution in [3.05, 3.63) is 22.8 Å². The van der Waals surface area contributed by atoms with Crippen LogP contribution in [0.4, 0.5) is 10.6 Å². The minimum Gasteiger partial charge on any atom is -0.450 e. The number of amides is 1. The molecule has 4 heterocycles. The molecule has 2 aromatic rings. The largest absolute Gasteiger partial charge is 0.450 e. The van der Waals surface area contributed by atoms with Crippen LogP contribution in [0.2, 0.25) is 5.15 Å². The van der Waals surface area contributed by atoms with Gasteiger partial charge in [-0.2, -0.15) is 0 Å². The lowest BCUT2D eigenvalue weighted by Crippen LogP contribution is -2.58. The summed E-state index contributed by atoms with van der Waals surface area (Å²) in [5.74, 6) is 0.899. The van der Waals surface area contributed by atoms with Gasteiger partial charge in [-0.3, -0.25) is 4.90 Å². The number of hydrogen-bond acceptors (Lipinski definition) is 8. The first-order valence-corrected chi connectivity index (χ1v) is 12.2. The van der Waals surface area contributed by atoms with Crippen LogP contribution >= 0.6 is 22.9 Å². The van der Waals surface area contributed by atoms with Crippen LogP contribution in [0.3, 0.4) is 0 Å². The maximum absolute atomic E-state index is 11.9. The predicted molar refractivity (Wildman–Crippen MR) is 121 cm³/mol. The summed E-state index contributed by atoms with van der Waals surface area (Å²) in [7, 11) is 0. The Hall–Kier alpha value is -1.97. The Labute approximate surface area is 191 Å².